The molecule has 0 aromatic carbocycles. The van der Waals surface area contributed by atoms with E-state index in [4.69, 9.17) is 5.11 Å². The second kappa shape index (κ2) is 3.17. The van der Waals surface area contributed by atoms with Gasteiger partial charge in [-0.25, -0.2) is 4.79 Å². The molecule has 1 N–H and O–H groups in total. The number of nitrogens with zero attached hydrogens (tertiary/aromatic N) is 1. The summed E-state index contributed by atoms with van der Waals surface area (Å²) in [5.74, 6) is -1.38. The third-order valence-corrected chi connectivity index (χ3v) is 0.998. The minimum atomic E-state index is -1.15. The SMILES string of the molecule is CC(C)[C@H](N=O)C(=O)O. The summed E-state index contributed by atoms with van der Waals surface area (Å²) in [7, 11) is 0. The Morgan fingerprint density at radius 1 is 1.56 bits per heavy atom. The van der Waals surface area contributed by atoms with Gasteiger partial charge in [-0.05, 0) is 5.92 Å². The van der Waals surface area contributed by atoms with Crippen LogP contribution in [0.4, 0.5) is 0 Å². The van der Waals surface area contributed by atoms with E-state index in [-0.39, 0.29) is 5.92 Å². The van der Waals surface area contributed by atoms with Gasteiger partial charge in [0.05, 0.1) is 0 Å². The Bertz CT molecular complexity index is 121. The maximum Gasteiger partial charge on any atom is 0.332 e. The topological polar surface area (TPSA) is 66.7 Å². The zero-order valence-corrected chi connectivity index (χ0v) is 5.37. The number of hydrogen-bond donors (Lipinski definition) is 1. The fourth-order valence-electron chi connectivity index (χ4n) is 0.452. The van der Waals surface area contributed by atoms with Gasteiger partial charge in [0.1, 0.15) is 0 Å². The summed E-state index contributed by atoms with van der Waals surface area (Å²) in [5, 5.41) is 10.7. The van der Waals surface area contributed by atoms with E-state index in [2.05, 4.69) is 5.18 Å². The molecular weight excluding hydrogens is 122 g/mol. The Balaban J connectivity index is 3.98. The summed E-state index contributed by atoms with van der Waals surface area (Å²) < 4.78 is 0. The van der Waals surface area contributed by atoms with E-state index in [1.54, 1.807) is 13.8 Å². The molecule has 52 valence electrons. The van der Waals surface area contributed by atoms with Gasteiger partial charge in [0.15, 0.2) is 6.04 Å². The molecule has 0 bridgehead atoms. The molecule has 4 heteroatoms. The monoisotopic (exact) mass is 131 g/mol. The minimum Gasteiger partial charge on any atom is -0.480 e. The molecule has 0 aliphatic carbocycles. The maximum absolute atomic E-state index is 10.1. The van der Waals surface area contributed by atoms with Crippen LogP contribution in [0, 0.1) is 10.8 Å². The molecule has 0 aromatic rings. The summed E-state index contributed by atoms with van der Waals surface area (Å²) in [6.07, 6.45) is 0. The number of aliphatic carboxylic acids is 1. The lowest BCUT2D eigenvalue weighted by molar-refractivity contribution is -0.139. The Morgan fingerprint density at radius 2 is 2.00 bits per heavy atom. The van der Waals surface area contributed by atoms with Gasteiger partial charge >= 0.3 is 5.97 Å². The van der Waals surface area contributed by atoms with Crippen LogP contribution in [0.2, 0.25) is 0 Å². The molecule has 0 aliphatic rings. The molecule has 1 atom stereocenters. The van der Waals surface area contributed by atoms with Gasteiger partial charge in [0.2, 0.25) is 0 Å². The van der Waals surface area contributed by atoms with Crippen molar-refractivity contribution in [3.05, 3.63) is 4.91 Å². The second-order valence-electron chi connectivity index (χ2n) is 2.13. The van der Waals surface area contributed by atoms with E-state index >= 15 is 0 Å². The van der Waals surface area contributed by atoms with Crippen molar-refractivity contribution < 1.29 is 9.90 Å². The average molecular weight is 131 g/mol. The summed E-state index contributed by atoms with van der Waals surface area (Å²) in [5.41, 5.74) is 0. The molecule has 0 radical (unpaired) electrons. The molecule has 0 spiro atoms. The molecule has 9 heavy (non-hydrogen) atoms. The third kappa shape index (κ3) is 2.21. The van der Waals surface area contributed by atoms with E-state index in [1.807, 2.05) is 0 Å². The lowest BCUT2D eigenvalue weighted by Crippen LogP contribution is -2.22. The predicted molar refractivity (Wildman–Crippen MR) is 32.1 cm³/mol. The van der Waals surface area contributed by atoms with Crippen LogP contribution in [0.5, 0.6) is 0 Å². The quantitative estimate of drug-likeness (QED) is 0.577. The van der Waals surface area contributed by atoms with Gasteiger partial charge in [-0.2, -0.15) is 0 Å². The molecule has 4 nitrogen and oxygen atoms in total. The van der Waals surface area contributed by atoms with Gasteiger partial charge in [-0.3, -0.25) is 0 Å². The van der Waals surface area contributed by atoms with Crippen LogP contribution in [-0.4, -0.2) is 17.1 Å². The second-order valence-corrected chi connectivity index (χ2v) is 2.13. The van der Waals surface area contributed by atoms with Gasteiger partial charge in [0.25, 0.3) is 0 Å². The van der Waals surface area contributed by atoms with Crippen LogP contribution in [0.25, 0.3) is 0 Å². The van der Waals surface area contributed by atoms with Crippen molar-refractivity contribution in [2.75, 3.05) is 0 Å². The number of rotatable bonds is 3. The highest BCUT2D eigenvalue weighted by molar-refractivity contribution is 5.73. The molecule has 0 saturated heterocycles. The van der Waals surface area contributed by atoms with Crippen molar-refractivity contribution in [2.45, 2.75) is 19.9 Å². The van der Waals surface area contributed by atoms with E-state index in [9.17, 15) is 9.70 Å². The first-order valence-corrected chi connectivity index (χ1v) is 2.65. The summed E-state index contributed by atoms with van der Waals surface area (Å²) in [6.45, 7) is 3.28. The summed E-state index contributed by atoms with van der Waals surface area (Å²) in [6, 6.07) is -1.09. The number of carbonyl (C=O) groups is 1. The number of nitroso groups, excluding NO2 is 1. The fourth-order valence-corrected chi connectivity index (χ4v) is 0.452. The van der Waals surface area contributed by atoms with Gasteiger partial charge in [0, 0.05) is 0 Å². The highest BCUT2D eigenvalue weighted by Gasteiger charge is 2.21. The zero-order chi connectivity index (χ0) is 7.44. The lowest BCUT2D eigenvalue weighted by atomic mass is 10.1. The van der Waals surface area contributed by atoms with Crippen molar-refractivity contribution in [1.29, 1.82) is 0 Å². The molecule has 0 heterocycles. The van der Waals surface area contributed by atoms with Crippen LogP contribution in [0.3, 0.4) is 0 Å². The largest absolute Gasteiger partial charge is 0.480 e. The predicted octanol–water partition coefficient (Wildman–Crippen LogP) is 0.862. The van der Waals surface area contributed by atoms with Crippen LogP contribution < -0.4 is 0 Å². The average Bonchev–Trinajstić information content (AvgIpc) is 1.64. The van der Waals surface area contributed by atoms with Gasteiger partial charge in [-0.1, -0.05) is 19.0 Å². The van der Waals surface area contributed by atoms with Crippen molar-refractivity contribution in [2.24, 2.45) is 11.1 Å². The highest BCUT2D eigenvalue weighted by atomic mass is 16.4. The lowest BCUT2D eigenvalue weighted by Gasteiger charge is -2.04. The van der Waals surface area contributed by atoms with E-state index in [1.165, 1.54) is 0 Å². The van der Waals surface area contributed by atoms with Crippen molar-refractivity contribution in [3.63, 3.8) is 0 Å². The Hall–Kier alpha value is -0.930. The number of hydrogen-bond acceptors (Lipinski definition) is 3. The zero-order valence-electron chi connectivity index (χ0n) is 5.37. The number of carboxylic acids is 1. The molecular formula is C5H9NO3. The van der Waals surface area contributed by atoms with Crippen molar-refractivity contribution in [3.8, 4) is 0 Å². The molecule has 0 aliphatic heterocycles. The minimum absolute atomic E-state index is 0.222. The molecule has 0 amide bonds. The molecule has 0 saturated carbocycles. The van der Waals surface area contributed by atoms with E-state index in [0.29, 0.717) is 0 Å². The molecule has 0 fully saturated rings. The summed E-state index contributed by atoms with van der Waals surface area (Å²) >= 11 is 0. The molecule has 0 rings (SSSR count). The van der Waals surface area contributed by atoms with E-state index < -0.39 is 12.0 Å². The normalized spacial score (nSPS) is 13.2. The Labute approximate surface area is 52.8 Å². The number of carboxylic acid groups (broad SMARTS) is 1. The van der Waals surface area contributed by atoms with Crippen LogP contribution >= 0.6 is 0 Å². The van der Waals surface area contributed by atoms with Crippen LogP contribution in [-0.2, 0) is 4.79 Å². The first-order chi connectivity index (χ1) is 4.09. The smallest absolute Gasteiger partial charge is 0.332 e. The maximum atomic E-state index is 10.1. The van der Waals surface area contributed by atoms with Gasteiger partial charge in [-0.15, -0.1) is 4.91 Å². The van der Waals surface area contributed by atoms with Crippen molar-refractivity contribution >= 4 is 5.97 Å². The van der Waals surface area contributed by atoms with Crippen LogP contribution in [0.15, 0.2) is 5.18 Å². The molecule has 0 unspecified atom stereocenters. The van der Waals surface area contributed by atoms with E-state index in [0.717, 1.165) is 0 Å². The first-order valence-electron chi connectivity index (χ1n) is 2.65. The van der Waals surface area contributed by atoms with Crippen molar-refractivity contribution in [1.82, 2.24) is 0 Å². The highest BCUT2D eigenvalue weighted by Crippen LogP contribution is 2.04. The Kier molecular flexibility index (Phi) is 2.84. The Morgan fingerprint density at radius 3 is 2.00 bits per heavy atom. The molecule has 0 aromatic heterocycles. The van der Waals surface area contributed by atoms with Crippen LogP contribution in [0.1, 0.15) is 13.8 Å². The third-order valence-electron chi connectivity index (χ3n) is 0.998. The summed E-state index contributed by atoms with van der Waals surface area (Å²) in [4.78, 5) is 19.8. The van der Waals surface area contributed by atoms with Gasteiger partial charge < -0.3 is 5.11 Å². The standard InChI is InChI=1S/C5H9NO3/c1-3(2)4(6-9)5(7)8/h3-4H,1-2H3,(H,7,8)/t4-/m0/s1. The fraction of sp³-hybridized carbons (Fsp3) is 0.800. The first kappa shape index (κ1) is 8.07.